The van der Waals surface area contributed by atoms with Crippen LogP contribution in [0.4, 0.5) is 0 Å². The average molecular weight is 358 g/mol. The van der Waals surface area contributed by atoms with Crippen molar-refractivity contribution in [2.45, 2.75) is 25.0 Å². The molecule has 130 valence electrons. The minimum Gasteiger partial charge on any atom is -0.381 e. The van der Waals surface area contributed by atoms with Crippen LogP contribution in [0.15, 0.2) is 54.4 Å². The number of benzene rings is 1. The molecule has 3 aliphatic heterocycles. The molecule has 0 saturated carbocycles. The minimum atomic E-state index is -0.465. The Hall–Kier alpha value is -2.24. The summed E-state index contributed by atoms with van der Waals surface area (Å²) >= 11 is 6.14. The van der Waals surface area contributed by atoms with Crippen LogP contribution in [-0.4, -0.2) is 36.2 Å². The van der Waals surface area contributed by atoms with Crippen LogP contribution in [0.5, 0.6) is 0 Å². The molecule has 0 aromatic heterocycles. The van der Waals surface area contributed by atoms with Gasteiger partial charge in [0, 0.05) is 36.0 Å². The second kappa shape index (κ2) is 6.94. The van der Waals surface area contributed by atoms with Gasteiger partial charge in [-0.15, -0.1) is 0 Å². The van der Waals surface area contributed by atoms with Crippen molar-refractivity contribution >= 4 is 23.2 Å². The van der Waals surface area contributed by atoms with Crippen molar-refractivity contribution in [1.29, 1.82) is 0 Å². The van der Waals surface area contributed by atoms with Gasteiger partial charge in [0.15, 0.2) is 6.17 Å². The number of halogens is 1. The summed E-state index contributed by atoms with van der Waals surface area (Å²) in [7, 11) is 0. The fourth-order valence-corrected chi connectivity index (χ4v) is 3.55. The maximum Gasteiger partial charge on any atom is 0.264 e. The largest absolute Gasteiger partial charge is 0.381 e. The van der Waals surface area contributed by atoms with Crippen LogP contribution in [0, 0.1) is 0 Å². The fraction of sp³-hybridized carbons (Fsp3) is 0.316. The first-order valence-electron chi connectivity index (χ1n) is 8.50. The van der Waals surface area contributed by atoms with Crippen molar-refractivity contribution < 1.29 is 9.53 Å². The molecule has 3 heterocycles. The Kier molecular flexibility index (Phi) is 4.51. The number of nitrogens with zero attached hydrogens (tertiary/aromatic N) is 1. The van der Waals surface area contributed by atoms with Crippen molar-refractivity contribution in [3.63, 3.8) is 0 Å². The summed E-state index contributed by atoms with van der Waals surface area (Å²) in [5.41, 5.74) is 2.85. The van der Waals surface area contributed by atoms with Crippen LogP contribution < -0.4 is 10.6 Å². The zero-order valence-electron chi connectivity index (χ0n) is 13.7. The lowest BCUT2D eigenvalue weighted by atomic mass is 10.1. The average Bonchev–Trinajstić information content (AvgIpc) is 3.02. The van der Waals surface area contributed by atoms with Crippen molar-refractivity contribution in [3.8, 4) is 0 Å². The smallest absolute Gasteiger partial charge is 0.264 e. The Morgan fingerprint density at radius 2 is 2.12 bits per heavy atom. The number of rotatable bonds is 3. The Balaban J connectivity index is 1.57. The second-order valence-electron chi connectivity index (χ2n) is 6.32. The molecule has 1 fully saturated rings. The van der Waals surface area contributed by atoms with Crippen molar-refractivity contribution in [1.82, 2.24) is 15.5 Å². The number of hydrogen-bond acceptors (Lipinski definition) is 4. The van der Waals surface area contributed by atoms with E-state index in [1.54, 1.807) is 0 Å². The van der Waals surface area contributed by atoms with E-state index in [2.05, 4.69) is 10.6 Å². The molecule has 1 unspecified atom stereocenters. The third kappa shape index (κ3) is 3.30. The van der Waals surface area contributed by atoms with Gasteiger partial charge in [0.2, 0.25) is 0 Å². The second-order valence-corrected chi connectivity index (χ2v) is 6.76. The van der Waals surface area contributed by atoms with E-state index in [4.69, 9.17) is 16.3 Å². The van der Waals surface area contributed by atoms with E-state index in [-0.39, 0.29) is 11.9 Å². The first-order valence-corrected chi connectivity index (χ1v) is 8.88. The zero-order valence-corrected chi connectivity index (χ0v) is 14.5. The quantitative estimate of drug-likeness (QED) is 0.873. The van der Waals surface area contributed by atoms with Gasteiger partial charge in [-0.1, -0.05) is 29.8 Å². The number of amides is 1. The molecule has 4 rings (SSSR count). The van der Waals surface area contributed by atoms with Crippen LogP contribution in [0.25, 0.3) is 5.70 Å². The number of fused-ring (bicyclic) bond motifs is 1. The first-order chi connectivity index (χ1) is 12.2. The molecule has 0 aliphatic carbocycles. The van der Waals surface area contributed by atoms with Gasteiger partial charge in [-0.2, -0.15) is 0 Å². The standard InChI is InChI=1S/C19H20ClN3O2/c20-14-5-3-4-13(12-14)17-16-6-1-2-9-23(16)18(22-17)19(24)21-15-7-10-25-11-8-15/h1-6,9,12,15,18,22H,7-8,10-11H2,(H,21,24). The lowest BCUT2D eigenvalue weighted by Gasteiger charge is -2.28. The maximum atomic E-state index is 12.8. The lowest BCUT2D eigenvalue weighted by molar-refractivity contribution is -0.126. The number of ether oxygens (including phenoxy) is 1. The molecule has 2 N–H and O–H groups in total. The lowest BCUT2D eigenvalue weighted by Crippen LogP contribution is -2.51. The van der Waals surface area contributed by atoms with Crippen molar-refractivity contribution in [2.75, 3.05) is 13.2 Å². The monoisotopic (exact) mass is 357 g/mol. The zero-order chi connectivity index (χ0) is 17.2. The molecule has 3 aliphatic rings. The molecule has 0 bridgehead atoms. The summed E-state index contributed by atoms with van der Waals surface area (Å²) in [6.45, 7) is 1.40. The first kappa shape index (κ1) is 16.2. The normalized spacial score (nSPS) is 22.8. The molecule has 1 amide bonds. The Bertz CT molecular complexity index is 766. The van der Waals surface area contributed by atoms with E-state index in [0.717, 1.165) is 29.8 Å². The highest BCUT2D eigenvalue weighted by Crippen LogP contribution is 2.31. The van der Waals surface area contributed by atoms with Gasteiger partial charge < -0.3 is 20.3 Å². The van der Waals surface area contributed by atoms with Crippen molar-refractivity contribution in [2.24, 2.45) is 0 Å². The molecule has 5 nitrogen and oxygen atoms in total. The van der Waals surface area contributed by atoms with Gasteiger partial charge in [-0.25, -0.2) is 0 Å². The Labute approximate surface area is 152 Å². The number of carbonyl (C=O) groups is 1. The summed E-state index contributed by atoms with van der Waals surface area (Å²) < 4.78 is 5.36. The molecular formula is C19H20ClN3O2. The maximum absolute atomic E-state index is 12.8. The van der Waals surface area contributed by atoms with E-state index < -0.39 is 6.17 Å². The summed E-state index contributed by atoms with van der Waals surface area (Å²) in [5, 5.41) is 7.18. The SMILES string of the molecule is O=C(NC1CCOCC1)C1NC(c2cccc(Cl)c2)=C2C=CC=CN21. The highest BCUT2D eigenvalue weighted by Gasteiger charge is 2.36. The van der Waals surface area contributed by atoms with Gasteiger partial charge in [0.05, 0.1) is 11.4 Å². The van der Waals surface area contributed by atoms with Crippen molar-refractivity contribution in [3.05, 3.63) is 65.0 Å². The fourth-order valence-electron chi connectivity index (χ4n) is 3.36. The molecule has 1 saturated heterocycles. The highest BCUT2D eigenvalue weighted by molar-refractivity contribution is 6.30. The van der Waals surface area contributed by atoms with Gasteiger partial charge in [0.25, 0.3) is 5.91 Å². The summed E-state index contributed by atoms with van der Waals surface area (Å²) in [5.74, 6) is -0.0265. The molecule has 0 radical (unpaired) electrons. The van der Waals surface area contributed by atoms with Gasteiger partial charge in [-0.05, 0) is 37.1 Å². The number of carbonyl (C=O) groups excluding carboxylic acids is 1. The molecule has 25 heavy (non-hydrogen) atoms. The van der Waals surface area contributed by atoms with Crippen LogP contribution in [0.1, 0.15) is 18.4 Å². The Morgan fingerprint density at radius 3 is 2.92 bits per heavy atom. The molecule has 1 aromatic carbocycles. The Morgan fingerprint density at radius 1 is 1.28 bits per heavy atom. The van der Waals surface area contributed by atoms with Gasteiger partial charge in [0.1, 0.15) is 0 Å². The van der Waals surface area contributed by atoms with Crippen LogP contribution in [-0.2, 0) is 9.53 Å². The molecular weight excluding hydrogens is 338 g/mol. The number of hydrogen-bond donors (Lipinski definition) is 2. The minimum absolute atomic E-state index is 0.0265. The van der Waals surface area contributed by atoms with Gasteiger partial charge >= 0.3 is 0 Å². The highest BCUT2D eigenvalue weighted by atomic mass is 35.5. The van der Waals surface area contributed by atoms with E-state index in [1.165, 1.54) is 0 Å². The van der Waals surface area contributed by atoms with Gasteiger partial charge in [-0.3, -0.25) is 4.79 Å². The molecule has 1 aromatic rings. The predicted molar refractivity (Wildman–Crippen MR) is 97.4 cm³/mol. The van der Waals surface area contributed by atoms with Crippen LogP contribution in [0.2, 0.25) is 5.02 Å². The van der Waals surface area contributed by atoms with E-state index in [9.17, 15) is 4.79 Å². The van der Waals surface area contributed by atoms with E-state index >= 15 is 0 Å². The molecule has 0 spiro atoms. The topological polar surface area (TPSA) is 53.6 Å². The number of nitrogens with one attached hydrogen (secondary N) is 2. The third-order valence-corrected chi connectivity index (χ3v) is 4.87. The predicted octanol–water partition coefficient (Wildman–Crippen LogP) is 2.62. The summed E-state index contributed by atoms with van der Waals surface area (Å²) in [4.78, 5) is 14.8. The van der Waals surface area contributed by atoms with Crippen LogP contribution >= 0.6 is 11.6 Å². The summed E-state index contributed by atoms with van der Waals surface area (Å²) in [6.07, 6.45) is 9.08. The van der Waals surface area contributed by atoms with E-state index in [0.29, 0.717) is 18.2 Å². The number of allylic oxidation sites excluding steroid dienone is 3. The molecule has 1 atom stereocenters. The third-order valence-electron chi connectivity index (χ3n) is 4.63. The van der Waals surface area contributed by atoms with Crippen LogP contribution in [0.3, 0.4) is 0 Å². The summed E-state index contributed by atoms with van der Waals surface area (Å²) in [6, 6.07) is 7.82. The molecule has 6 heteroatoms. The van der Waals surface area contributed by atoms with E-state index in [1.807, 2.05) is 53.6 Å².